The van der Waals surface area contributed by atoms with Gasteiger partial charge in [-0.25, -0.2) is 9.97 Å². The van der Waals surface area contributed by atoms with Gasteiger partial charge < -0.3 is 0 Å². The molecule has 3 nitrogen and oxygen atoms in total. The van der Waals surface area contributed by atoms with Gasteiger partial charge in [0.05, 0.1) is 16.8 Å². The Morgan fingerprint density at radius 2 is 1.81 bits per heavy atom. The van der Waals surface area contributed by atoms with Gasteiger partial charge in [-0.1, -0.05) is 18.2 Å². The van der Waals surface area contributed by atoms with Crippen LogP contribution in [-0.4, -0.2) is 15.8 Å². The van der Waals surface area contributed by atoms with Crippen LogP contribution in [0.5, 0.6) is 0 Å². The second kappa shape index (κ2) is 4.95. The number of aryl methyl sites for hydroxylation is 1. The summed E-state index contributed by atoms with van der Waals surface area (Å²) in [6, 6.07) is 5.19. The largest absolute Gasteiger partial charge is 0.417 e. The van der Waals surface area contributed by atoms with Crippen molar-refractivity contribution in [2.75, 3.05) is 0 Å². The fraction of sp³-hybridized carbons (Fsp3) is 0.267. The van der Waals surface area contributed by atoms with E-state index in [1.807, 2.05) is 0 Å². The van der Waals surface area contributed by atoms with Crippen molar-refractivity contribution in [2.24, 2.45) is 0 Å². The number of alkyl halides is 3. The summed E-state index contributed by atoms with van der Waals surface area (Å²) in [6.45, 7) is 0. The fourth-order valence-corrected chi connectivity index (χ4v) is 2.45. The minimum absolute atomic E-state index is 0.0105. The lowest BCUT2D eigenvalue weighted by Gasteiger charge is -2.16. The van der Waals surface area contributed by atoms with Gasteiger partial charge in [0, 0.05) is 18.2 Å². The highest BCUT2D eigenvalue weighted by molar-refractivity contribution is 5.97. The minimum atomic E-state index is -4.47. The molecule has 0 fully saturated rings. The van der Waals surface area contributed by atoms with E-state index in [2.05, 4.69) is 9.97 Å². The number of hydrogen-bond donors (Lipinski definition) is 0. The maximum absolute atomic E-state index is 13.0. The molecule has 0 saturated carbocycles. The molecule has 3 rings (SSSR count). The molecule has 0 bridgehead atoms. The molecule has 0 aliphatic heterocycles. The quantitative estimate of drug-likeness (QED) is 0.805. The van der Waals surface area contributed by atoms with Gasteiger partial charge in [0.15, 0.2) is 11.6 Å². The molecule has 1 aliphatic rings. The first-order chi connectivity index (χ1) is 9.97. The number of benzene rings is 1. The molecule has 0 radical (unpaired) electrons. The Morgan fingerprint density at radius 1 is 1.05 bits per heavy atom. The second-order valence-electron chi connectivity index (χ2n) is 4.87. The molecular weight excluding hydrogens is 281 g/mol. The average molecular weight is 292 g/mol. The molecule has 2 aromatic rings. The summed E-state index contributed by atoms with van der Waals surface area (Å²) in [7, 11) is 0. The summed E-state index contributed by atoms with van der Waals surface area (Å²) in [5.74, 6) is -0.0386. The van der Waals surface area contributed by atoms with Crippen molar-refractivity contribution < 1.29 is 18.0 Å². The Labute approximate surface area is 118 Å². The van der Waals surface area contributed by atoms with Crippen molar-refractivity contribution in [1.82, 2.24) is 9.97 Å². The van der Waals surface area contributed by atoms with E-state index in [1.54, 1.807) is 0 Å². The SMILES string of the molecule is O=C1CCCc2nc(-c3ccccc3C(F)(F)F)ncc21. The van der Waals surface area contributed by atoms with Crippen LogP contribution in [0.3, 0.4) is 0 Å². The molecule has 1 heterocycles. The van der Waals surface area contributed by atoms with Gasteiger partial charge in [-0.15, -0.1) is 0 Å². The van der Waals surface area contributed by atoms with Crippen molar-refractivity contribution in [3.63, 3.8) is 0 Å². The Kier molecular flexibility index (Phi) is 3.23. The third-order valence-corrected chi connectivity index (χ3v) is 3.46. The first kappa shape index (κ1) is 13.7. The van der Waals surface area contributed by atoms with Crippen molar-refractivity contribution in [1.29, 1.82) is 0 Å². The number of Topliss-reactive ketones (excluding diaryl/α,β-unsaturated/α-hetero) is 1. The topological polar surface area (TPSA) is 42.9 Å². The van der Waals surface area contributed by atoms with E-state index in [-0.39, 0.29) is 17.2 Å². The molecule has 1 aromatic carbocycles. The maximum atomic E-state index is 13.0. The van der Waals surface area contributed by atoms with E-state index in [1.165, 1.54) is 24.4 Å². The lowest BCUT2D eigenvalue weighted by atomic mass is 9.96. The number of halogens is 3. The highest BCUT2D eigenvalue weighted by atomic mass is 19.4. The number of ketones is 1. The number of carbonyl (C=O) groups is 1. The van der Waals surface area contributed by atoms with E-state index in [0.29, 0.717) is 30.5 Å². The van der Waals surface area contributed by atoms with Gasteiger partial charge in [0.2, 0.25) is 0 Å². The van der Waals surface area contributed by atoms with Crippen LogP contribution in [-0.2, 0) is 12.6 Å². The Balaban J connectivity index is 2.12. The molecular formula is C15H11F3N2O. The van der Waals surface area contributed by atoms with Crippen molar-refractivity contribution >= 4 is 5.78 Å². The summed E-state index contributed by atoms with van der Waals surface area (Å²) in [5.41, 5.74) is 0.126. The molecule has 1 aliphatic carbocycles. The first-order valence-electron chi connectivity index (χ1n) is 6.52. The van der Waals surface area contributed by atoms with Gasteiger partial charge in [0.25, 0.3) is 0 Å². The van der Waals surface area contributed by atoms with Gasteiger partial charge in [-0.05, 0) is 18.9 Å². The zero-order valence-electron chi connectivity index (χ0n) is 10.9. The average Bonchev–Trinajstić information content (AvgIpc) is 2.46. The normalized spacial score (nSPS) is 14.9. The van der Waals surface area contributed by atoms with Crippen LogP contribution >= 0.6 is 0 Å². The van der Waals surface area contributed by atoms with Gasteiger partial charge in [-0.3, -0.25) is 4.79 Å². The molecule has 0 atom stereocenters. The second-order valence-corrected chi connectivity index (χ2v) is 4.87. The van der Waals surface area contributed by atoms with Crippen molar-refractivity contribution in [3.8, 4) is 11.4 Å². The molecule has 1 aromatic heterocycles. The number of fused-ring (bicyclic) bond motifs is 1. The van der Waals surface area contributed by atoms with Gasteiger partial charge in [0.1, 0.15) is 0 Å². The summed E-state index contributed by atoms with van der Waals surface area (Å²) in [4.78, 5) is 19.8. The number of aromatic nitrogens is 2. The Morgan fingerprint density at radius 3 is 2.57 bits per heavy atom. The highest BCUT2D eigenvalue weighted by Crippen LogP contribution is 2.36. The standard InChI is InChI=1S/C15H11F3N2O/c16-15(17,18)11-5-2-1-4-9(11)14-19-8-10-12(20-14)6-3-7-13(10)21/h1-2,4-5,8H,3,6-7H2. The van der Waals surface area contributed by atoms with Crippen LogP contribution in [0.15, 0.2) is 30.5 Å². The van der Waals surface area contributed by atoms with Gasteiger partial charge >= 0.3 is 6.18 Å². The third-order valence-electron chi connectivity index (χ3n) is 3.46. The fourth-order valence-electron chi connectivity index (χ4n) is 2.45. The van der Waals surface area contributed by atoms with E-state index < -0.39 is 11.7 Å². The summed E-state index contributed by atoms with van der Waals surface area (Å²) in [5, 5.41) is 0. The number of rotatable bonds is 1. The highest BCUT2D eigenvalue weighted by Gasteiger charge is 2.34. The molecule has 6 heteroatoms. The number of carbonyl (C=O) groups excluding carboxylic acids is 1. The van der Waals surface area contributed by atoms with E-state index >= 15 is 0 Å². The monoisotopic (exact) mass is 292 g/mol. The van der Waals surface area contributed by atoms with Crippen molar-refractivity contribution in [3.05, 3.63) is 47.3 Å². The van der Waals surface area contributed by atoms with Gasteiger partial charge in [-0.2, -0.15) is 13.2 Å². The molecule has 0 spiro atoms. The van der Waals surface area contributed by atoms with Crippen LogP contribution < -0.4 is 0 Å². The summed E-state index contributed by atoms with van der Waals surface area (Å²) in [6.07, 6.45) is -1.43. The predicted molar refractivity (Wildman–Crippen MR) is 69.7 cm³/mol. The van der Waals surface area contributed by atoms with E-state index in [9.17, 15) is 18.0 Å². The predicted octanol–water partition coefficient (Wildman–Crippen LogP) is 3.68. The third kappa shape index (κ3) is 2.53. The molecule has 0 amide bonds. The molecule has 0 unspecified atom stereocenters. The molecule has 0 N–H and O–H groups in total. The van der Waals surface area contributed by atoms with E-state index in [4.69, 9.17) is 0 Å². The van der Waals surface area contributed by atoms with Crippen LogP contribution in [0.2, 0.25) is 0 Å². The number of nitrogens with zero attached hydrogens (tertiary/aromatic N) is 2. The smallest absolute Gasteiger partial charge is 0.294 e. The van der Waals surface area contributed by atoms with Crippen LogP contribution in [0.1, 0.15) is 34.5 Å². The minimum Gasteiger partial charge on any atom is -0.294 e. The van der Waals surface area contributed by atoms with Crippen molar-refractivity contribution in [2.45, 2.75) is 25.4 Å². The molecule has 108 valence electrons. The Bertz CT molecular complexity index is 710. The molecule has 0 saturated heterocycles. The lowest BCUT2D eigenvalue weighted by Crippen LogP contribution is -2.15. The zero-order chi connectivity index (χ0) is 15.0. The maximum Gasteiger partial charge on any atom is 0.417 e. The Hall–Kier alpha value is -2.24. The van der Waals surface area contributed by atoms with Crippen LogP contribution in [0, 0.1) is 0 Å². The summed E-state index contributed by atoms with van der Waals surface area (Å²) >= 11 is 0. The van der Waals surface area contributed by atoms with E-state index in [0.717, 1.165) is 6.07 Å². The first-order valence-corrected chi connectivity index (χ1v) is 6.52. The molecule has 21 heavy (non-hydrogen) atoms. The van der Waals surface area contributed by atoms with Crippen LogP contribution in [0.25, 0.3) is 11.4 Å². The summed E-state index contributed by atoms with van der Waals surface area (Å²) < 4.78 is 39.1. The zero-order valence-corrected chi connectivity index (χ0v) is 10.9. The number of hydrogen-bond acceptors (Lipinski definition) is 3. The van der Waals surface area contributed by atoms with Crippen LogP contribution in [0.4, 0.5) is 13.2 Å². The lowest BCUT2D eigenvalue weighted by molar-refractivity contribution is -0.137.